The molecule has 2 heterocycles. The van der Waals surface area contributed by atoms with Crippen LogP contribution in [-0.2, 0) is 6.54 Å². The molecule has 1 aliphatic rings. The highest BCUT2D eigenvalue weighted by Crippen LogP contribution is 2.31. The topological polar surface area (TPSA) is 11.4 Å². The molecule has 0 spiro atoms. The van der Waals surface area contributed by atoms with Crippen LogP contribution in [-0.4, -0.2) is 47.6 Å². The number of piperazine rings is 1. The fourth-order valence-electron chi connectivity index (χ4n) is 3.83. The summed E-state index contributed by atoms with van der Waals surface area (Å²) >= 11 is 0. The molecule has 0 radical (unpaired) electrons. The fraction of sp³-hybridized carbons (Fsp3) is 0.304. The van der Waals surface area contributed by atoms with E-state index in [1.807, 2.05) is 30.3 Å². The van der Waals surface area contributed by atoms with Gasteiger partial charge in [-0.25, -0.2) is 4.39 Å². The molecule has 0 atom stereocenters. The van der Waals surface area contributed by atoms with Crippen LogP contribution in [0.4, 0.5) is 4.39 Å². The van der Waals surface area contributed by atoms with Crippen molar-refractivity contribution in [2.45, 2.75) is 13.5 Å². The number of hydrogen-bond donors (Lipinski definition) is 0. The molecule has 27 heavy (non-hydrogen) atoms. The van der Waals surface area contributed by atoms with Gasteiger partial charge in [0.05, 0.1) is 11.4 Å². The highest BCUT2D eigenvalue weighted by atomic mass is 19.1. The van der Waals surface area contributed by atoms with Crippen molar-refractivity contribution in [1.82, 2.24) is 14.4 Å². The molecule has 4 rings (SSSR count). The van der Waals surface area contributed by atoms with E-state index in [1.54, 1.807) is 6.07 Å². The number of likely N-dealkylation sites (N-methyl/N-ethyl adjacent to an activating group) is 1. The number of aromatic nitrogens is 1. The van der Waals surface area contributed by atoms with E-state index in [2.05, 4.69) is 46.5 Å². The Bertz CT molecular complexity index is 909. The monoisotopic (exact) mass is 363 g/mol. The Morgan fingerprint density at radius 3 is 2.26 bits per heavy atom. The van der Waals surface area contributed by atoms with Crippen molar-refractivity contribution in [3.8, 4) is 16.9 Å². The largest absolute Gasteiger partial charge is 0.311 e. The van der Waals surface area contributed by atoms with Gasteiger partial charge in [0.25, 0.3) is 0 Å². The molecule has 1 aliphatic heterocycles. The van der Waals surface area contributed by atoms with Crippen LogP contribution in [0.15, 0.2) is 60.7 Å². The molecule has 4 heteroatoms. The summed E-state index contributed by atoms with van der Waals surface area (Å²) in [6.07, 6.45) is 0. The van der Waals surface area contributed by atoms with Gasteiger partial charge in [0.15, 0.2) is 0 Å². The SMILES string of the molecule is Cc1c(CN2CCN(C)CC2)cc(-c2ccccc2)n1-c1ccccc1F. The third kappa shape index (κ3) is 3.68. The van der Waals surface area contributed by atoms with Crippen LogP contribution in [0.25, 0.3) is 16.9 Å². The standard InChI is InChI=1S/C23H26FN3/c1-18-20(17-26-14-12-25(2)13-15-26)16-23(19-8-4-3-5-9-19)27(18)22-11-7-6-10-21(22)24/h3-11,16H,12-15,17H2,1-2H3. The third-order valence-corrected chi connectivity index (χ3v) is 5.50. The molecular formula is C23H26FN3. The van der Waals surface area contributed by atoms with Crippen molar-refractivity contribution in [3.63, 3.8) is 0 Å². The summed E-state index contributed by atoms with van der Waals surface area (Å²) in [6.45, 7) is 7.34. The fourth-order valence-corrected chi connectivity index (χ4v) is 3.83. The van der Waals surface area contributed by atoms with E-state index in [0.29, 0.717) is 5.69 Å². The molecule has 1 saturated heterocycles. The Hall–Kier alpha value is -2.43. The molecule has 0 saturated carbocycles. The Balaban J connectivity index is 1.77. The van der Waals surface area contributed by atoms with Gasteiger partial charge in [-0.1, -0.05) is 42.5 Å². The van der Waals surface area contributed by atoms with Crippen LogP contribution in [0.5, 0.6) is 0 Å². The van der Waals surface area contributed by atoms with Crippen LogP contribution >= 0.6 is 0 Å². The predicted octanol–water partition coefficient (Wildman–Crippen LogP) is 4.34. The normalized spacial score (nSPS) is 16.0. The Morgan fingerprint density at radius 1 is 0.889 bits per heavy atom. The Morgan fingerprint density at radius 2 is 1.56 bits per heavy atom. The summed E-state index contributed by atoms with van der Waals surface area (Å²) in [6, 6.07) is 19.5. The van der Waals surface area contributed by atoms with Crippen LogP contribution < -0.4 is 0 Å². The summed E-state index contributed by atoms with van der Waals surface area (Å²) in [4.78, 5) is 4.85. The molecule has 0 unspecified atom stereocenters. The number of hydrogen-bond acceptors (Lipinski definition) is 2. The molecule has 0 aliphatic carbocycles. The minimum Gasteiger partial charge on any atom is -0.311 e. The first-order chi connectivity index (χ1) is 13.1. The van der Waals surface area contributed by atoms with Gasteiger partial charge >= 0.3 is 0 Å². The average Bonchev–Trinajstić information content (AvgIpc) is 3.01. The van der Waals surface area contributed by atoms with Crippen molar-refractivity contribution < 1.29 is 4.39 Å². The number of halogens is 1. The first kappa shape index (κ1) is 18.0. The van der Waals surface area contributed by atoms with Gasteiger partial charge in [-0.2, -0.15) is 0 Å². The summed E-state index contributed by atoms with van der Waals surface area (Å²) in [5, 5.41) is 0. The predicted molar refractivity (Wildman–Crippen MR) is 109 cm³/mol. The molecule has 0 bridgehead atoms. The van der Waals surface area contributed by atoms with E-state index >= 15 is 0 Å². The maximum Gasteiger partial charge on any atom is 0.147 e. The third-order valence-electron chi connectivity index (χ3n) is 5.50. The zero-order chi connectivity index (χ0) is 18.8. The minimum absolute atomic E-state index is 0.195. The average molecular weight is 363 g/mol. The zero-order valence-electron chi connectivity index (χ0n) is 16.0. The smallest absolute Gasteiger partial charge is 0.147 e. The van der Waals surface area contributed by atoms with Gasteiger partial charge in [0, 0.05) is 38.4 Å². The summed E-state index contributed by atoms with van der Waals surface area (Å²) < 4.78 is 16.7. The second kappa shape index (κ2) is 7.67. The molecule has 1 aromatic heterocycles. The van der Waals surface area contributed by atoms with Gasteiger partial charge < -0.3 is 9.47 Å². The molecule has 0 N–H and O–H groups in total. The molecule has 2 aromatic carbocycles. The highest BCUT2D eigenvalue weighted by Gasteiger charge is 2.20. The van der Waals surface area contributed by atoms with Crippen molar-refractivity contribution in [3.05, 3.63) is 77.7 Å². The first-order valence-electron chi connectivity index (χ1n) is 9.56. The second-order valence-electron chi connectivity index (χ2n) is 7.37. The van der Waals surface area contributed by atoms with Crippen molar-refractivity contribution in [1.29, 1.82) is 0 Å². The lowest BCUT2D eigenvalue weighted by molar-refractivity contribution is 0.148. The van der Waals surface area contributed by atoms with Crippen molar-refractivity contribution in [2.75, 3.05) is 33.2 Å². The lowest BCUT2D eigenvalue weighted by Gasteiger charge is -2.32. The van der Waals surface area contributed by atoms with Gasteiger partial charge in [0.2, 0.25) is 0 Å². The number of rotatable bonds is 4. The Kier molecular flexibility index (Phi) is 5.10. The van der Waals surface area contributed by atoms with Crippen LogP contribution in [0.1, 0.15) is 11.3 Å². The van der Waals surface area contributed by atoms with Crippen LogP contribution in [0.3, 0.4) is 0 Å². The first-order valence-corrected chi connectivity index (χ1v) is 9.56. The Labute approximate surface area is 160 Å². The van der Waals surface area contributed by atoms with E-state index in [0.717, 1.165) is 49.7 Å². The molecule has 0 amide bonds. The number of nitrogens with zero attached hydrogens (tertiary/aromatic N) is 3. The maximum atomic E-state index is 14.6. The van der Waals surface area contributed by atoms with E-state index in [4.69, 9.17) is 0 Å². The minimum atomic E-state index is -0.195. The van der Waals surface area contributed by atoms with Gasteiger partial charge in [0.1, 0.15) is 5.82 Å². The number of benzene rings is 2. The molecule has 140 valence electrons. The summed E-state index contributed by atoms with van der Waals surface area (Å²) in [5.74, 6) is -0.195. The molecule has 3 nitrogen and oxygen atoms in total. The summed E-state index contributed by atoms with van der Waals surface area (Å²) in [7, 11) is 2.17. The van der Waals surface area contributed by atoms with Gasteiger partial charge in [-0.05, 0) is 43.3 Å². The van der Waals surface area contributed by atoms with E-state index in [-0.39, 0.29) is 5.82 Å². The lowest BCUT2D eigenvalue weighted by Crippen LogP contribution is -2.43. The van der Waals surface area contributed by atoms with Crippen molar-refractivity contribution >= 4 is 0 Å². The molecule has 3 aromatic rings. The molecular weight excluding hydrogens is 337 g/mol. The summed E-state index contributed by atoms with van der Waals surface area (Å²) in [5.41, 5.74) is 5.13. The van der Waals surface area contributed by atoms with Crippen molar-refractivity contribution in [2.24, 2.45) is 0 Å². The second-order valence-corrected chi connectivity index (χ2v) is 7.37. The van der Waals surface area contributed by atoms with E-state index < -0.39 is 0 Å². The van der Waals surface area contributed by atoms with Gasteiger partial charge in [-0.15, -0.1) is 0 Å². The zero-order valence-corrected chi connectivity index (χ0v) is 16.0. The maximum absolute atomic E-state index is 14.6. The van der Waals surface area contributed by atoms with E-state index in [9.17, 15) is 4.39 Å². The molecule has 1 fully saturated rings. The van der Waals surface area contributed by atoms with Crippen LogP contribution in [0.2, 0.25) is 0 Å². The van der Waals surface area contributed by atoms with E-state index in [1.165, 1.54) is 11.6 Å². The quantitative estimate of drug-likeness (QED) is 0.683. The lowest BCUT2D eigenvalue weighted by atomic mass is 10.1. The van der Waals surface area contributed by atoms with Crippen LogP contribution in [0, 0.1) is 12.7 Å². The van der Waals surface area contributed by atoms with Gasteiger partial charge in [-0.3, -0.25) is 4.90 Å². The highest BCUT2D eigenvalue weighted by molar-refractivity contribution is 5.66. The number of para-hydroxylation sites is 1.